The molecule has 14 fully saturated rings. The molecule has 31 heteroatoms. The number of piperidine rings is 7. The summed E-state index contributed by atoms with van der Waals surface area (Å²) in [6.07, 6.45) is 29.5. The summed E-state index contributed by atoms with van der Waals surface area (Å²) in [6.45, 7) is 25.9. The quantitative estimate of drug-likeness (QED) is 0.0925. The van der Waals surface area contributed by atoms with Gasteiger partial charge in [0.05, 0.1) is 6.54 Å². The number of hydrogen-bond acceptors (Lipinski definition) is 19. The van der Waals surface area contributed by atoms with Crippen LogP contribution in [0, 0.1) is 41.4 Å². The number of nitrogens with two attached hydrogens (primary N) is 1. The van der Waals surface area contributed by atoms with Crippen LogP contribution in [0.4, 0.5) is 22.4 Å². The number of carbonyl (C=O) groups is 8. The van der Waals surface area contributed by atoms with Crippen LogP contribution in [0.1, 0.15) is 243 Å². The second-order valence-electron chi connectivity index (χ2n) is 41.9. The van der Waals surface area contributed by atoms with Crippen molar-refractivity contribution in [3.63, 3.8) is 0 Å². The van der Waals surface area contributed by atoms with Gasteiger partial charge in [-0.3, -0.25) is 38.5 Å². The van der Waals surface area contributed by atoms with Crippen LogP contribution in [0.2, 0.25) is 0 Å². The molecule has 8 atom stereocenters. The fraction of sp³-hybridized carbons (Fsp3) is 0.817. The maximum atomic E-state index is 13.5. The number of alkyl carbamates (subject to hydrolysis) is 1. The minimum absolute atomic E-state index is 0.0311. The summed E-state index contributed by atoms with van der Waals surface area (Å²) in [5.41, 5.74) is 7.45. The zero-order valence-corrected chi connectivity index (χ0v) is 84.2. The molecular formula is C104H175F4N17O10. The second-order valence-corrected chi connectivity index (χ2v) is 41.9. The van der Waals surface area contributed by atoms with Crippen molar-refractivity contribution in [3.05, 3.63) is 66.0 Å². The first-order chi connectivity index (χ1) is 65.0. The van der Waals surface area contributed by atoms with E-state index in [4.69, 9.17) is 15.6 Å². The number of nitrogens with zero attached hydrogens (tertiary/aromatic N) is 15. The monoisotopic (exact) mass is 1900 g/mol. The predicted octanol–water partition coefficient (Wildman–Crippen LogP) is 12.0. The van der Waals surface area contributed by atoms with Gasteiger partial charge in [-0.15, -0.1) is 0 Å². The minimum Gasteiger partial charge on any atom is -0.445 e. The number of aryl methyl sites for hydroxylation is 1. The van der Waals surface area contributed by atoms with Gasteiger partial charge in [-0.1, -0.05) is 50.2 Å². The van der Waals surface area contributed by atoms with Crippen LogP contribution < -0.4 is 11.1 Å². The zero-order valence-electron chi connectivity index (χ0n) is 84.2. The zero-order chi connectivity index (χ0) is 96.9. The van der Waals surface area contributed by atoms with Crippen molar-refractivity contribution in [1.82, 2.24) is 78.9 Å². The Bertz CT molecular complexity index is 3740. The molecule has 15 heterocycles. The highest BCUT2D eigenvalue weighted by Gasteiger charge is 2.45. The summed E-state index contributed by atoms with van der Waals surface area (Å²) in [5, 5.41) is 11.6. The fourth-order valence-electron chi connectivity index (χ4n) is 24.3. The van der Waals surface area contributed by atoms with E-state index < -0.39 is 30.8 Å². The van der Waals surface area contributed by atoms with Crippen molar-refractivity contribution in [2.75, 3.05) is 206 Å². The molecule has 1 aromatic carbocycles. The summed E-state index contributed by atoms with van der Waals surface area (Å²) in [6, 6.07) is 18.0. The Kier molecular flexibility index (Phi) is 46.8. The number of aliphatic hydroxyl groups is 1. The lowest BCUT2D eigenvalue weighted by Crippen LogP contribution is -2.45. The number of carbonyl (C=O) groups excluding carboxylic acids is 8. The van der Waals surface area contributed by atoms with Crippen molar-refractivity contribution in [1.29, 1.82) is 0 Å². The van der Waals surface area contributed by atoms with E-state index in [1.54, 1.807) is 11.1 Å². The number of aliphatic hydroxyl groups excluding tert-OH is 1. The van der Waals surface area contributed by atoms with Crippen LogP contribution in [-0.4, -0.2) is 387 Å². The van der Waals surface area contributed by atoms with E-state index in [0.29, 0.717) is 130 Å². The van der Waals surface area contributed by atoms with Crippen LogP contribution >= 0.6 is 0 Å². The van der Waals surface area contributed by atoms with Crippen LogP contribution in [0.25, 0.3) is 0 Å². The number of benzene rings is 1. The number of rotatable bonds is 22. The van der Waals surface area contributed by atoms with Gasteiger partial charge in [-0.05, 0) is 380 Å². The van der Waals surface area contributed by atoms with Crippen LogP contribution in [0.3, 0.4) is 0 Å². The number of hydrogen-bond donors (Lipinski definition) is 3. The first-order valence-corrected chi connectivity index (χ1v) is 52.7. The molecule has 16 rings (SSSR count). The van der Waals surface area contributed by atoms with Crippen molar-refractivity contribution in [2.24, 2.45) is 47.2 Å². The lowest BCUT2D eigenvalue weighted by Gasteiger charge is -2.37. The third-order valence-corrected chi connectivity index (χ3v) is 32.2. The highest BCUT2D eigenvalue weighted by molar-refractivity contribution is 5.80. The smallest absolute Gasteiger partial charge is 0.407 e. The van der Waals surface area contributed by atoms with Crippen LogP contribution in [-0.2, 0) is 51.3 Å². The molecule has 8 amide bonds. The largest absolute Gasteiger partial charge is 0.445 e. The minimum atomic E-state index is -4.39. The highest BCUT2D eigenvalue weighted by Crippen LogP contribution is 2.40. The van der Waals surface area contributed by atoms with Gasteiger partial charge in [0, 0.05) is 145 Å². The van der Waals surface area contributed by atoms with Gasteiger partial charge in [-0.2, -0.15) is 13.2 Å². The topological polar surface area (TPSA) is 262 Å². The van der Waals surface area contributed by atoms with Gasteiger partial charge in [0.2, 0.25) is 41.4 Å². The van der Waals surface area contributed by atoms with E-state index >= 15 is 0 Å². The van der Waals surface area contributed by atoms with E-state index in [1.807, 2.05) is 60.4 Å². The van der Waals surface area contributed by atoms with E-state index in [0.717, 1.165) is 192 Å². The molecule has 14 aliphatic heterocycles. The van der Waals surface area contributed by atoms with Gasteiger partial charge < -0.3 is 89.5 Å². The molecular weight excluding hydrogens is 1720 g/mol. The number of ether oxygens (including phenoxy) is 1. The van der Waals surface area contributed by atoms with Gasteiger partial charge in [0.1, 0.15) is 25.8 Å². The van der Waals surface area contributed by atoms with Gasteiger partial charge >= 0.3 is 12.3 Å². The van der Waals surface area contributed by atoms with Crippen molar-refractivity contribution in [2.45, 2.75) is 300 Å². The average Bonchev–Trinajstić information content (AvgIpc) is 1.66. The number of alkyl halides is 4. The Labute approximate surface area is 807 Å². The lowest BCUT2D eigenvalue weighted by molar-refractivity contribution is -0.163. The maximum Gasteiger partial charge on any atom is 0.407 e. The number of aromatic nitrogens is 1. The molecule has 2 aromatic rings. The maximum absolute atomic E-state index is 13.5. The number of nitrogens with one attached hydrogen (secondary N) is 1. The SMILES string of the molecule is CCC(=O)N1C[C@@H](F)C[C@H]1C1CCN(C)CC1.CCCC(=O)N1CCCC1C1CCN(C)CC1.CN1CCC([C@@H]2CCCN2C(=O)CC(F)(F)F)CC1.CN1CCC([C@@H]2CCCN2C(=O)CCN)CC1.CN1CCC([C@@H]2CCCN2C(=O)CCNC(=O)OCc2ccccc2)CC1.CN1CCC([C@@H]2CCCN2C(=O)CCc2ccccn2)CC1.CN1CCC([C@@H]2CCCN2C(=O)CO)CC1. The molecule has 0 spiro atoms. The normalized spacial score (nSPS) is 26.3. The molecule has 1 unspecified atom stereocenters. The Morgan fingerprint density at radius 3 is 1.03 bits per heavy atom. The molecule has 14 saturated heterocycles. The highest BCUT2D eigenvalue weighted by atomic mass is 19.4. The molecule has 1 aromatic heterocycles. The average molecular weight is 1900 g/mol. The molecule has 14 aliphatic rings. The Hall–Kier alpha value is -6.71. The molecule has 4 N–H and O–H groups in total. The molecule has 0 aliphatic carbocycles. The Balaban J connectivity index is 0.000000164. The van der Waals surface area contributed by atoms with Crippen LogP contribution in [0.5, 0.6) is 0 Å². The molecule has 0 bridgehead atoms. The van der Waals surface area contributed by atoms with Gasteiger partial charge in [-0.25, -0.2) is 9.18 Å². The van der Waals surface area contributed by atoms with E-state index in [9.17, 15) is 55.9 Å². The van der Waals surface area contributed by atoms with Crippen molar-refractivity contribution >= 4 is 47.4 Å². The first kappa shape index (κ1) is 110. The number of likely N-dealkylation sites (tertiary alicyclic amines) is 14. The standard InChI is InChI=1S/C21H31N3O3.C18H27N3O.C14H26N2O.C13H21F3N2O.C13H23FN2O.C13H25N3O.C12H22N2O2/c1-23-14-10-18(11-15-23)19-8-5-13-24(19)20(25)9-12-22-21(26)27-16-17-6-3-2-4-7-17;1-20-13-9-15(10-14-20)17-6-4-12-21(17)18(22)8-7-16-5-2-3-11-19-16;1-3-5-14(17)16-9-4-6-13(16)12-7-10-15(2)11-8-12;1-17-7-4-10(5-8-17)11-3-2-6-18(11)12(19)9-13(14,15)16;1-3-13(17)16-9-11(14)8-12(16)10-4-6-15(2)7-5-10;1-15-9-5-11(6-10-15)12-3-2-8-16(12)13(17)4-7-14;1-13-7-4-10(5-8-13)11-3-2-6-14(11)12(16)9-15/h2-4,6-7,18-19H,5,8-16H2,1H3,(H,22,26);2-3,5,11,15,17H,4,6-10,12-14H2,1H3;12-13H,3-11H2,1-2H3;10-11H,2-9H2,1H3;10-12H,3-9H2,1-2H3;11-12H,2-10,14H2,1H3;10-11,15H,2-9H2,1H3/t19-;17-;;11-;11-,12-;12-;11-/m00.0000/s1. The Morgan fingerprint density at radius 2 is 0.711 bits per heavy atom. The summed E-state index contributed by atoms with van der Waals surface area (Å²) in [4.78, 5) is 131. The summed E-state index contributed by atoms with van der Waals surface area (Å²) in [7, 11) is 15.1. The lowest BCUT2D eigenvalue weighted by atomic mass is 9.88. The fourth-order valence-corrected chi connectivity index (χ4v) is 24.3. The van der Waals surface area contributed by atoms with Gasteiger partial charge in [0.15, 0.2) is 0 Å². The first-order valence-electron chi connectivity index (χ1n) is 52.7. The van der Waals surface area contributed by atoms with E-state index in [-0.39, 0.29) is 48.9 Å². The van der Waals surface area contributed by atoms with Gasteiger partial charge in [0.25, 0.3) is 0 Å². The second kappa shape index (κ2) is 57.3. The van der Waals surface area contributed by atoms with E-state index in [2.05, 4.69) is 120 Å². The van der Waals surface area contributed by atoms with Crippen molar-refractivity contribution < 1.29 is 65.8 Å². The number of pyridine rings is 1. The molecule has 27 nitrogen and oxygen atoms in total. The molecule has 135 heavy (non-hydrogen) atoms. The summed E-state index contributed by atoms with van der Waals surface area (Å²) in [5.74, 6) is 4.77. The van der Waals surface area contributed by atoms with Crippen molar-refractivity contribution in [3.8, 4) is 0 Å². The third kappa shape index (κ3) is 35.2. The van der Waals surface area contributed by atoms with Crippen LogP contribution in [0.15, 0.2) is 54.7 Å². The molecule has 764 valence electrons. The number of amides is 8. The summed E-state index contributed by atoms with van der Waals surface area (Å²) < 4.78 is 55.7. The molecule has 0 saturated carbocycles. The van der Waals surface area contributed by atoms with E-state index in [1.165, 1.54) is 147 Å². The third-order valence-electron chi connectivity index (χ3n) is 32.2. The summed E-state index contributed by atoms with van der Waals surface area (Å²) >= 11 is 0. The molecule has 0 radical (unpaired) electrons. The Morgan fingerprint density at radius 1 is 0.393 bits per heavy atom. The predicted molar refractivity (Wildman–Crippen MR) is 523 cm³/mol. The number of halogens is 4.